The molecule has 0 aliphatic carbocycles. The molecule has 13 heavy (non-hydrogen) atoms. The predicted molar refractivity (Wildman–Crippen MR) is 49.8 cm³/mol. The average Bonchev–Trinajstić information content (AvgIpc) is 2.50. The molecule has 0 radical (unpaired) electrons. The SMILES string of the molecule is CC(C#N)N(C)Cc1nccn1C. The summed E-state index contributed by atoms with van der Waals surface area (Å²) in [6, 6.07) is 2.11. The molecule has 0 amide bonds. The Balaban J connectivity index is 2.60. The Kier molecular flexibility index (Phi) is 3.04. The van der Waals surface area contributed by atoms with Crippen LogP contribution in [0, 0.1) is 11.3 Å². The van der Waals surface area contributed by atoms with E-state index in [1.807, 2.05) is 36.7 Å². The predicted octanol–water partition coefficient (Wildman–Crippen LogP) is 0.764. The molecule has 0 N–H and O–H groups in total. The summed E-state index contributed by atoms with van der Waals surface area (Å²) >= 11 is 0. The summed E-state index contributed by atoms with van der Waals surface area (Å²) in [6.07, 6.45) is 3.67. The van der Waals surface area contributed by atoms with Crippen molar-refractivity contribution in [2.24, 2.45) is 7.05 Å². The van der Waals surface area contributed by atoms with Gasteiger partial charge in [0.2, 0.25) is 0 Å². The summed E-state index contributed by atoms with van der Waals surface area (Å²) in [5.74, 6) is 0.976. The van der Waals surface area contributed by atoms with Gasteiger partial charge in [-0.1, -0.05) is 0 Å². The molecular weight excluding hydrogens is 164 g/mol. The number of rotatable bonds is 3. The van der Waals surface area contributed by atoms with Crippen molar-refractivity contribution >= 4 is 0 Å². The van der Waals surface area contributed by atoms with Gasteiger partial charge in [0.25, 0.3) is 0 Å². The van der Waals surface area contributed by atoms with Crippen LogP contribution in [0.5, 0.6) is 0 Å². The van der Waals surface area contributed by atoms with Crippen LogP contribution in [0.2, 0.25) is 0 Å². The zero-order valence-electron chi connectivity index (χ0n) is 8.23. The van der Waals surface area contributed by atoms with Crippen molar-refractivity contribution in [2.75, 3.05) is 7.05 Å². The fourth-order valence-corrected chi connectivity index (χ4v) is 1.01. The monoisotopic (exact) mass is 178 g/mol. The first-order valence-corrected chi connectivity index (χ1v) is 4.21. The molecule has 0 fully saturated rings. The lowest BCUT2D eigenvalue weighted by Crippen LogP contribution is -2.28. The topological polar surface area (TPSA) is 44.9 Å². The van der Waals surface area contributed by atoms with Gasteiger partial charge in [-0.15, -0.1) is 0 Å². The van der Waals surface area contributed by atoms with Gasteiger partial charge in [0.15, 0.2) is 0 Å². The maximum Gasteiger partial charge on any atom is 0.122 e. The Morgan fingerprint density at radius 3 is 2.92 bits per heavy atom. The lowest BCUT2D eigenvalue weighted by Gasteiger charge is -2.17. The van der Waals surface area contributed by atoms with E-state index in [2.05, 4.69) is 11.1 Å². The quantitative estimate of drug-likeness (QED) is 0.686. The van der Waals surface area contributed by atoms with Crippen molar-refractivity contribution in [3.63, 3.8) is 0 Å². The summed E-state index contributed by atoms with van der Waals surface area (Å²) in [5, 5.41) is 8.68. The summed E-state index contributed by atoms with van der Waals surface area (Å²) in [7, 11) is 3.87. The molecule has 1 aromatic rings. The lowest BCUT2D eigenvalue weighted by molar-refractivity contribution is 0.284. The minimum Gasteiger partial charge on any atom is -0.337 e. The number of aromatic nitrogens is 2. The van der Waals surface area contributed by atoms with Crippen LogP contribution in [0.4, 0.5) is 0 Å². The standard InChI is InChI=1S/C9H14N4/c1-8(6-10)13(3)7-9-11-4-5-12(9)2/h4-5,8H,7H2,1-3H3. The van der Waals surface area contributed by atoms with Crippen molar-refractivity contribution < 1.29 is 0 Å². The van der Waals surface area contributed by atoms with Crippen LogP contribution in [0.3, 0.4) is 0 Å². The molecule has 4 heteroatoms. The molecule has 0 saturated heterocycles. The van der Waals surface area contributed by atoms with Crippen LogP contribution >= 0.6 is 0 Å². The zero-order valence-corrected chi connectivity index (χ0v) is 8.23. The van der Waals surface area contributed by atoms with Gasteiger partial charge in [0.05, 0.1) is 18.7 Å². The first-order valence-electron chi connectivity index (χ1n) is 4.21. The van der Waals surface area contributed by atoms with Gasteiger partial charge in [0.1, 0.15) is 5.82 Å². The van der Waals surface area contributed by atoms with Crippen molar-refractivity contribution in [3.8, 4) is 6.07 Å². The second-order valence-electron chi connectivity index (χ2n) is 3.17. The van der Waals surface area contributed by atoms with Gasteiger partial charge in [-0.2, -0.15) is 5.26 Å². The zero-order chi connectivity index (χ0) is 9.84. The molecule has 0 spiro atoms. The van der Waals surface area contributed by atoms with E-state index in [1.165, 1.54) is 0 Å². The van der Waals surface area contributed by atoms with Gasteiger partial charge < -0.3 is 4.57 Å². The fourth-order valence-electron chi connectivity index (χ4n) is 1.01. The number of imidazole rings is 1. The van der Waals surface area contributed by atoms with E-state index in [1.54, 1.807) is 6.20 Å². The van der Waals surface area contributed by atoms with E-state index in [9.17, 15) is 0 Å². The minimum absolute atomic E-state index is 0.0725. The number of nitrogens with zero attached hydrogens (tertiary/aromatic N) is 4. The number of hydrogen-bond acceptors (Lipinski definition) is 3. The first-order chi connectivity index (χ1) is 6.15. The van der Waals surface area contributed by atoms with E-state index in [4.69, 9.17) is 5.26 Å². The molecule has 4 nitrogen and oxygen atoms in total. The van der Waals surface area contributed by atoms with Gasteiger partial charge in [-0.25, -0.2) is 4.98 Å². The summed E-state index contributed by atoms with van der Waals surface area (Å²) < 4.78 is 1.96. The van der Waals surface area contributed by atoms with Crippen LogP contribution in [0.25, 0.3) is 0 Å². The van der Waals surface area contributed by atoms with Gasteiger partial charge in [0, 0.05) is 19.4 Å². The average molecular weight is 178 g/mol. The number of nitriles is 1. The number of aryl methyl sites for hydroxylation is 1. The Morgan fingerprint density at radius 2 is 2.46 bits per heavy atom. The molecule has 1 atom stereocenters. The molecule has 1 heterocycles. The molecule has 0 aromatic carbocycles. The second-order valence-corrected chi connectivity index (χ2v) is 3.17. The van der Waals surface area contributed by atoms with Crippen molar-refractivity contribution in [1.29, 1.82) is 5.26 Å². The highest BCUT2D eigenvalue weighted by molar-refractivity contribution is 4.94. The minimum atomic E-state index is -0.0725. The molecular formula is C9H14N4. The Hall–Kier alpha value is -1.34. The summed E-state index contributed by atoms with van der Waals surface area (Å²) in [4.78, 5) is 6.14. The second kappa shape index (κ2) is 4.06. The fraction of sp³-hybridized carbons (Fsp3) is 0.556. The van der Waals surface area contributed by atoms with Gasteiger partial charge in [-0.05, 0) is 14.0 Å². The molecule has 0 saturated carbocycles. The smallest absolute Gasteiger partial charge is 0.122 e. The Morgan fingerprint density at radius 1 is 1.77 bits per heavy atom. The largest absolute Gasteiger partial charge is 0.337 e. The van der Waals surface area contributed by atoms with Crippen LogP contribution < -0.4 is 0 Å². The molecule has 1 unspecified atom stereocenters. The van der Waals surface area contributed by atoms with Crippen molar-refractivity contribution in [2.45, 2.75) is 19.5 Å². The van der Waals surface area contributed by atoms with Gasteiger partial charge >= 0.3 is 0 Å². The van der Waals surface area contributed by atoms with E-state index in [0.717, 1.165) is 5.82 Å². The third kappa shape index (κ3) is 2.30. The Bertz CT molecular complexity index is 310. The highest BCUT2D eigenvalue weighted by Gasteiger charge is 2.09. The third-order valence-corrected chi connectivity index (χ3v) is 2.16. The molecule has 0 bridgehead atoms. The first kappa shape index (κ1) is 9.75. The highest BCUT2D eigenvalue weighted by Crippen LogP contribution is 2.02. The Labute approximate surface area is 78.4 Å². The van der Waals surface area contributed by atoms with Crippen molar-refractivity contribution in [1.82, 2.24) is 14.5 Å². The van der Waals surface area contributed by atoms with Crippen LogP contribution in [0.1, 0.15) is 12.7 Å². The van der Waals surface area contributed by atoms with Crippen LogP contribution in [0.15, 0.2) is 12.4 Å². The van der Waals surface area contributed by atoms with Crippen LogP contribution in [-0.4, -0.2) is 27.5 Å². The highest BCUT2D eigenvalue weighted by atomic mass is 15.2. The normalized spacial score (nSPS) is 12.8. The lowest BCUT2D eigenvalue weighted by atomic mass is 10.3. The number of hydrogen-bond donors (Lipinski definition) is 0. The maximum absolute atomic E-state index is 8.68. The molecule has 0 aliphatic rings. The van der Waals surface area contributed by atoms with Crippen molar-refractivity contribution in [3.05, 3.63) is 18.2 Å². The molecule has 70 valence electrons. The van der Waals surface area contributed by atoms with E-state index in [-0.39, 0.29) is 6.04 Å². The van der Waals surface area contributed by atoms with E-state index < -0.39 is 0 Å². The van der Waals surface area contributed by atoms with E-state index in [0.29, 0.717) is 6.54 Å². The maximum atomic E-state index is 8.68. The molecule has 1 rings (SSSR count). The van der Waals surface area contributed by atoms with Gasteiger partial charge in [-0.3, -0.25) is 4.90 Å². The summed E-state index contributed by atoms with van der Waals surface area (Å²) in [6.45, 7) is 2.58. The third-order valence-electron chi connectivity index (χ3n) is 2.16. The summed E-state index contributed by atoms with van der Waals surface area (Å²) in [5.41, 5.74) is 0. The van der Waals surface area contributed by atoms with Crippen LogP contribution in [-0.2, 0) is 13.6 Å². The molecule has 0 aliphatic heterocycles. The van der Waals surface area contributed by atoms with E-state index >= 15 is 0 Å². The molecule has 1 aromatic heterocycles.